The van der Waals surface area contributed by atoms with E-state index in [0.29, 0.717) is 17.3 Å². The monoisotopic (exact) mass is 280 g/mol. The SMILES string of the molecule is NC(=O)c1cccc(-n2cnc(-c3cccc(N)c3)n2)n1. The molecule has 0 unspecified atom stereocenters. The first-order valence-corrected chi connectivity index (χ1v) is 6.18. The third kappa shape index (κ3) is 2.57. The molecule has 3 rings (SSSR count). The van der Waals surface area contributed by atoms with Gasteiger partial charge in [0, 0.05) is 11.3 Å². The van der Waals surface area contributed by atoms with Gasteiger partial charge in [-0.05, 0) is 24.3 Å². The highest BCUT2D eigenvalue weighted by Gasteiger charge is 2.08. The second kappa shape index (κ2) is 5.04. The molecule has 0 aliphatic carbocycles. The fraction of sp³-hybridized carbons (Fsp3) is 0. The minimum absolute atomic E-state index is 0.175. The molecule has 7 nitrogen and oxygen atoms in total. The largest absolute Gasteiger partial charge is 0.399 e. The molecule has 1 aromatic carbocycles. The summed E-state index contributed by atoms with van der Waals surface area (Å²) < 4.78 is 1.48. The Bertz CT molecular complexity index is 810. The maximum atomic E-state index is 11.1. The van der Waals surface area contributed by atoms with E-state index in [0.717, 1.165) is 5.56 Å². The van der Waals surface area contributed by atoms with Crippen LogP contribution < -0.4 is 11.5 Å². The molecule has 3 aromatic rings. The van der Waals surface area contributed by atoms with E-state index >= 15 is 0 Å². The number of amides is 1. The summed E-state index contributed by atoms with van der Waals surface area (Å²) >= 11 is 0. The van der Waals surface area contributed by atoms with Crippen LogP contribution in [-0.2, 0) is 0 Å². The number of carbonyl (C=O) groups excluding carboxylic acids is 1. The van der Waals surface area contributed by atoms with E-state index in [-0.39, 0.29) is 5.69 Å². The molecule has 0 saturated heterocycles. The van der Waals surface area contributed by atoms with E-state index in [1.165, 1.54) is 11.0 Å². The third-order valence-electron chi connectivity index (χ3n) is 2.86. The van der Waals surface area contributed by atoms with Crippen molar-refractivity contribution >= 4 is 11.6 Å². The first kappa shape index (κ1) is 12.8. The Morgan fingerprint density at radius 1 is 1.14 bits per heavy atom. The molecule has 0 radical (unpaired) electrons. The van der Waals surface area contributed by atoms with E-state index in [9.17, 15) is 4.79 Å². The van der Waals surface area contributed by atoms with Crippen molar-refractivity contribution in [1.29, 1.82) is 0 Å². The normalized spacial score (nSPS) is 10.5. The molecule has 2 aromatic heterocycles. The quantitative estimate of drug-likeness (QED) is 0.695. The summed E-state index contributed by atoms with van der Waals surface area (Å²) in [6.07, 6.45) is 1.52. The van der Waals surface area contributed by atoms with Crippen LogP contribution in [0.15, 0.2) is 48.8 Å². The van der Waals surface area contributed by atoms with Gasteiger partial charge in [-0.3, -0.25) is 4.79 Å². The van der Waals surface area contributed by atoms with Crippen LogP contribution in [-0.4, -0.2) is 25.7 Å². The molecule has 1 amide bonds. The van der Waals surface area contributed by atoms with Gasteiger partial charge >= 0.3 is 0 Å². The number of hydrogen-bond donors (Lipinski definition) is 2. The first-order valence-electron chi connectivity index (χ1n) is 6.18. The highest BCUT2D eigenvalue weighted by molar-refractivity contribution is 5.90. The smallest absolute Gasteiger partial charge is 0.267 e. The van der Waals surface area contributed by atoms with Gasteiger partial charge in [0.2, 0.25) is 0 Å². The van der Waals surface area contributed by atoms with Crippen LogP contribution in [0.4, 0.5) is 5.69 Å². The highest BCUT2D eigenvalue weighted by atomic mass is 16.1. The number of nitrogen functional groups attached to an aromatic ring is 1. The van der Waals surface area contributed by atoms with Gasteiger partial charge in [-0.15, -0.1) is 5.10 Å². The van der Waals surface area contributed by atoms with E-state index in [1.807, 2.05) is 12.1 Å². The number of pyridine rings is 1. The molecule has 4 N–H and O–H groups in total. The lowest BCUT2D eigenvalue weighted by Gasteiger charge is -2.01. The lowest BCUT2D eigenvalue weighted by Crippen LogP contribution is -2.14. The van der Waals surface area contributed by atoms with E-state index < -0.39 is 5.91 Å². The Morgan fingerprint density at radius 2 is 1.95 bits per heavy atom. The van der Waals surface area contributed by atoms with Gasteiger partial charge in [-0.2, -0.15) is 0 Å². The van der Waals surface area contributed by atoms with Crippen LogP contribution in [0.25, 0.3) is 17.2 Å². The van der Waals surface area contributed by atoms with Crippen LogP contribution in [0, 0.1) is 0 Å². The maximum Gasteiger partial charge on any atom is 0.267 e. The van der Waals surface area contributed by atoms with Crippen LogP contribution in [0.3, 0.4) is 0 Å². The lowest BCUT2D eigenvalue weighted by molar-refractivity contribution is 0.0995. The highest BCUT2D eigenvalue weighted by Crippen LogP contribution is 2.17. The molecule has 0 spiro atoms. The zero-order valence-corrected chi connectivity index (χ0v) is 11.0. The molecule has 2 heterocycles. The summed E-state index contributed by atoms with van der Waals surface area (Å²) in [4.78, 5) is 19.5. The van der Waals surface area contributed by atoms with Gasteiger partial charge in [-0.1, -0.05) is 18.2 Å². The number of anilines is 1. The summed E-state index contributed by atoms with van der Waals surface area (Å²) in [5.74, 6) is 0.399. The fourth-order valence-electron chi connectivity index (χ4n) is 1.87. The Kier molecular flexibility index (Phi) is 3.07. The van der Waals surface area contributed by atoms with Crippen molar-refractivity contribution in [1.82, 2.24) is 19.7 Å². The van der Waals surface area contributed by atoms with Crippen LogP contribution >= 0.6 is 0 Å². The standard InChI is InChI=1S/C14H12N6O/c15-10-4-1-3-9(7-10)14-17-8-20(19-14)12-6-2-5-11(18-12)13(16)21/h1-8H,15H2,(H2,16,21). The number of benzene rings is 1. The van der Waals surface area contributed by atoms with Gasteiger partial charge in [0.25, 0.3) is 5.91 Å². The summed E-state index contributed by atoms with van der Waals surface area (Å²) in [6, 6.07) is 12.2. The Labute approximate surface area is 120 Å². The topological polar surface area (TPSA) is 113 Å². The van der Waals surface area contributed by atoms with Crippen LogP contribution in [0.1, 0.15) is 10.5 Å². The summed E-state index contributed by atoms with van der Waals surface area (Å²) in [6.45, 7) is 0. The van der Waals surface area contributed by atoms with Crippen molar-refractivity contribution in [2.45, 2.75) is 0 Å². The number of hydrogen-bond acceptors (Lipinski definition) is 5. The molecule has 0 atom stereocenters. The van der Waals surface area contributed by atoms with E-state index in [2.05, 4.69) is 15.1 Å². The molecule has 0 saturated carbocycles. The number of aromatic nitrogens is 4. The molecule has 0 fully saturated rings. The first-order chi connectivity index (χ1) is 10.1. The number of rotatable bonds is 3. The van der Waals surface area contributed by atoms with Crippen molar-refractivity contribution in [3.63, 3.8) is 0 Å². The van der Waals surface area contributed by atoms with Gasteiger partial charge in [0.15, 0.2) is 11.6 Å². The van der Waals surface area contributed by atoms with Crippen molar-refractivity contribution in [3.8, 4) is 17.2 Å². The molecular formula is C14H12N6O. The predicted molar refractivity (Wildman–Crippen MR) is 77.5 cm³/mol. The summed E-state index contributed by atoms with van der Waals surface area (Å²) in [5.41, 5.74) is 12.6. The fourth-order valence-corrected chi connectivity index (χ4v) is 1.87. The predicted octanol–water partition coefficient (Wildman–Crippen LogP) is 1.01. The number of primary amides is 1. The average Bonchev–Trinajstić information content (AvgIpc) is 2.97. The van der Waals surface area contributed by atoms with Gasteiger partial charge < -0.3 is 11.5 Å². The molecule has 0 aliphatic heterocycles. The second-order valence-electron chi connectivity index (χ2n) is 4.38. The zero-order valence-electron chi connectivity index (χ0n) is 11.0. The van der Waals surface area contributed by atoms with Gasteiger partial charge in [-0.25, -0.2) is 14.6 Å². The maximum absolute atomic E-state index is 11.1. The molecule has 0 aliphatic rings. The van der Waals surface area contributed by atoms with Crippen molar-refractivity contribution in [2.24, 2.45) is 5.73 Å². The van der Waals surface area contributed by atoms with E-state index in [1.54, 1.807) is 30.3 Å². The molecule has 104 valence electrons. The number of nitrogens with zero attached hydrogens (tertiary/aromatic N) is 4. The summed E-state index contributed by atoms with van der Waals surface area (Å²) in [7, 11) is 0. The Hall–Kier alpha value is -3.22. The third-order valence-corrected chi connectivity index (χ3v) is 2.86. The van der Waals surface area contributed by atoms with Crippen molar-refractivity contribution in [2.75, 3.05) is 5.73 Å². The molecule has 21 heavy (non-hydrogen) atoms. The van der Waals surface area contributed by atoms with Gasteiger partial charge in [0.05, 0.1) is 0 Å². The minimum Gasteiger partial charge on any atom is -0.399 e. The van der Waals surface area contributed by atoms with E-state index in [4.69, 9.17) is 11.5 Å². The van der Waals surface area contributed by atoms with Crippen LogP contribution in [0.5, 0.6) is 0 Å². The Morgan fingerprint density at radius 3 is 2.71 bits per heavy atom. The minimum atomic E-state index is -0.590. The average molecular weight is 280 g/mol. The second-order valence-corrected chi connectivity index (χ2v) is 4.38. The van der Waals surface area contributed by atoms with Crippen LogP contribution in [0.2, 0.25) is 0 Å². The zero-order chi connectivity index (χ0) is 14.8. The van der Waals surface area contributed by atoms with Gasteiger partial charge in [0.1, 0.15) is 12.0 Å². The number of carbonyl (C=O) groups is 1. The molecule has 0 bridgehead atoms. The van der Waals surface area contributed by atoms with Crippen molar-refractivity contribution < 1.29 is 4.79 Å². The summed E-state index contributed by atoms with van der Waals surface area (Å²) in [5, 5.41) is 4.33. The Balaban J connectivity index is 1.98. The lowest BCUT2D eigenvalue weighted by atomic mass is 10.2. The number of nitrogens with two attached hydrogens (primary N) is 2. The molecular weight excluding hydrogens is 268 g/mol. The van der Waals surface area contributed by atoms with Crippen molar-refractivity contribution in [3.05, 3.63) is 54.5 Å². The molecule has 7 heteroatoms.